The molecule has 0 aromatic carbocycles. The third-order valence-corrected chi connectivity index (χ3v) is 0. The molecule has 0 spiro atoms. The fourth-order valence-corrected chi connectivity index (χ4v) is 0. The van der Waals surface area contributed by atoms with Crippen LogP contribution in [-0.2, 0) is 4.57 Å². The fraction of sp³-hybridized carbons (Fsp3) is 0. The van der Waals surface area contributed by atoms with E-state index in [1.54, 1.807) is 0 Å². The molecule has 8 heavy (non-hydrogen) atoms. The molecule has 2 N–H and O–H groups in total. The van der Waals surface area contributed by atoms with Gasteiger partial charge in [-0.1, -0.05) is 0 Å². The van der Waals surface area contributed by atoms with Crippen molar-refractivity contribution in [1.29, 1.82) is 0 Å². The van der Waals surface area contributed by atoms with E-state index in [4.69, 9.17) is 19.2 Å². The van der Waals surface area contributed by atoms with Crippen LogP contribution in [0, 0.1) is 0 Å². The van der Waals surface area contributed by atoms with Crippen molar-refractivity contribution < 1.29 is 76.1 Å². The Morgan fingerprint density at radius 2 is 1.12 bits per heavy atom. The molecule has 0 aromatic heterocycles. The predicted molar refractivity (Wildman–Crippen MR) is 17.0 cm³/mol. The zero-order valence-electron chi connectivity index (χ0n) is 4.16. The Labute approximate surface area is 99.6 Å². The molecule has 0 fully saturated rings. The van der Waals surface area contributed by atoms with Crippen molar-refractivity contribution in [1.82, 2.24) is 0 Å². The van der Waals surface area contributed by atoms with Crippen LogP contribution in [0.25, 0.3) is 0 Å². The number of hydrogen-bond donors (Lipinski definition) is 0. The van der Waals surface area contributed by atoms with Crippen molar-refractivity contribution in [2.24, 2.45) is 0 Å². The summed E-state index contributed by atoms with van der Waals surface area (Å²) in [5.41, 5.74) is 0. The number of hydrogen-bond acceptors (Lipinski definition) is 4. The molecular formula is H2AlKO5P+. The molecule has 0 radical (unpaired) electrons. The molecule has 0 rings (SSSR count). The van der Waals surface area contributed by atoms with E-state index in [0.717, 1.165) is 0 Å². The van der Waals surface area contributed by atoms with Gasteiger partial charge in [0.05, 0.1) is 0 Å². The summed E-state index contributed by atoms with van der Waals surface area (Å²) < 4.78 is 8.55. The van der Waals surface area contributed by atoms with Gasteiger partial charge in [-0.2, -0.15) is 7.82 Å². The summed E-state index contributed by atoms with van der Waals surface area (Å²) in [6.07, 6.45) is 0. The molecule has 0 aromatic rings. The molecule has 0 aliphatic carbocycles. The normalized spacial score (nSPS) is 7.38. The molecule has 0 bridgehead atoms. The van der Waals surface area contributed by atoms with E-state index in [0.29, 0.717) is 0 Å². The minimum absolute atomic E-state index is 0. The summed E-state index contributed by atoms with van der Waals surface area (Å²) in [5.74, 6) is 0. The van der Waals surface area contributed by atoms with Crippen molar-refractivity contribution in [2.45, 2.75) is 0 Å². The quantitative estimate of drug-likeness (QED) is 0.271. The summed E-state index contributed by atoms with van der Waals surface area (Å²) in [7, 11) is -5.39. The van der Waals surface area contributed by atoms with E-state index >= 15 is 0 Å². The van der Waals surface area contributed by atoms with E-state index in [9.17, 15) is 0 Å². The van der Waals surface area contributed by atoms with Crippen molar-refractivity contribution in [3.8, 4) is 0 Å². The first-order valence-corrected chi connectivity index (χ1v) is 2.19. The third kappa shape index (κ3) is 86.1. The first-order chi connectivity index (χ1) is 2.00. The topological polar surface area (TPSA) is 118 Å². The van der Waals surface area contributed by atoms with Gasteiger partial charge < -0.3 is 24.7 Å². The summed E-state index contributed by atoms with van der Waals surface area (Å²) >= 11 is 0. The van der Waals surface area contributed by atoms with Crippen molar-refractivity contribution in [3.63, 3.8) is 0 Å². The largest absolute Gasteiger partial charge is 3.00 e. The molecule has 0 saturated carbocycles. The van der Waals surface area contributed by atoms with Gasteiger partial charge in [-0.05, 0) is 0 Å². The van der Waals surface area contributed by atoms with Crippen molar-refractivity contribution in [2.75, 3.05) is 0 Å². The van der Waals surface area contributed by atoms with Gasteiger partial charge in [0.15, 0.2) is 0 Å². The smallest absolute Gasteiger partial charge is 0.822 e. The Hall–Kier alpha value is 2.24. The second-order valence-electron chi connectivity index (χ2n) is 0.447. The van der Waals surface area contributed by atoms with Gasteiger partial charge in [-0.15, -0.1) is 0 Å². The van der Waals surface area contributed by atoms with Crippen LogP contribution in [0.4, 0.5) is 0 Å². The second-order valence-corrected chi connectivity index (χ2v) is 1.34. The molecule has 0 unspecified atom stereocenters. The van der Waals surface area contributed by atoms with Crippen LogP contribution >= 0.6 is 7.82 Å². The Kier molecular flexibility index (Phi) is 25.9. The van der Waals surface area contributed by atoms with Gasteiger partial charge in [-0.3, -0.25) is 0 Å². The molecule has 40 valence electrons. The third-order valence-electron chi connectivity index (χ3n) is 0. The SMILES string of the molecule is O.O=P([O-])([O-])[O-].[Al+3].[K+]. The maximum absolute atomic E-state index is 8.55. The van der Waals surface area contributed by atoms with Gasteiger partial charge in [0.1, 0.15) is 0 Å². The van der Waals surface area contributed by atoms with E-state index < -0.39 is 7.82 Å². The minimum atomic E-state index is -5.39. The summed E-state index contributed by atoms with van der Waals surface area (Å²) in [4.78, 5) is 25.6. The molecule has 0 saturated heterocycles. The monoisotopic (exact) mass is 179 g/mol. The Morgan fingerprint density at radius 3 is 1.12 bits per heavy atom. The first-order valence-electron chi connectivity index (χ1n) is 0.730. The van der Waals surface area contributed by atoms with Crippen LogP contribution < -0.4 is 66.1 Å². The summed E-state index contributed by atoms with van der Waals surface area (Å²) in [5, 5.41) is 0. The molecule has 0 amide bonds. The summed E-state index contributed by atoms with van der Waals surface area (Å²) in [6.45, 7) is 0. The molecule has 0 atom stereocenters. The van der Waals surface area contributed by atoms with Crippen LogP contribution in [0.15, 0.2) is 0 Å². The molecule has 0 aliphatic rings. The van der Waals surface area contributed by atoms with Gasteiger partial charge in [0.2, 0.25) is 0 Å². The molecule has 8 heteroatoms. The zero-order valence-corrected chi connectivity index (χ0v) is 9.33. The van der Waals surface area contributed by atoms with Crippen LogP contribution in [0.1, 0.15) is 0 Å². The van der Waals surface area contributed by atoms with E-state index in [1.807, 2.05) is 0 Å². The van der Waals surface area contributed by atoms with Gasteiger partial charge in [-0.25, -0.2) is 0 Å². The van der Waals surface area contributed by atoms with Crippen LogP contribution in [0.2, 0.25) is 0 Å². The Morgan fingerprint density at radius 1 is 1.12 bits per heavy atom. The van der Waals surface area contributed by atoms with E-state index in [2.05, 4.69) is 0 Å². The Bertz CT molecular complexity index is 58.6. The summed E-state index contributed by atoms with van der Waals surface area (Å²) in [6, 6.07) is 0. The van der Waals surface area contributed by atoms with Gasteiger partial charge in [0.25, 0.3) is 0 Å². The zero-order chi connectivity index (χ0) is 4.50. The van der Waals surface area contributed by atoms with E-state index in [1.165, 1.54) is 0 Å². The molecule has 5 nitrogen and oxygen atoms in total. The minimum Gasteiger partial charge on any atom is -0.822 e. The van der Waals surface area contributed by atoms with Gasteiger partial charge >= 0.3 is 68.7 Å². The first kappa shape index (κ1) is 22.5. The van der Waals surface area contributed by atoms with Crippen LogP contribution in [0.3, 0.4) is 0 Å². The maximum atomic E-state index is 8.55. The molecular weight excluding hydrogens is 177 g/mol. The molecule has 0 aliphatic heterocycles. The van der Waals surface area contributed by atoms with Crippen molar-refractivity contribution in [3.05, 3.63) is 0 Å². The standard InChI is InChI=1S/Al.K.H3O4P.H2O/c;;1-5(2,3)4;/h;;(H3,1,2,3,4);1H2/q+3;+1;;/p-3. The predicted octanol–water partition coefficient (Wildman–Crippen LogP) is -7.03. The fourth-order valence-electron chi connectivity index (χ4n) is 0. The van der Waals surface area contributed by atoms with Crippen LogP contribution in [0.5, 0.6) is 0 Å². The number of rotatable bonds is 0. The second kappa shape index (κ2) is 9.24. The van der Waals surface area contributed by atoms with Crippen LogP contribution in [-0.4, -0.2) is 22.8 Å². The van der Waals surface area contributed by atoms with Crippen molar-refractivity contribution >= 4 is 25.2 Å². The Balaban J connectivity index is -0.0000000267. The average Bonchev–Trinajstić information content (AvgIpc) is 0.722. The average molecular weight is 179 g/mol. The molecule has 0 heterocycles. The maximum Gasteiger partial charge on any atom is 3.00 e. The van der Waals surface area contributed by atoms with Gasteiger partial charge in [0, 0.05) is 0 Å². The number of phosphoric acid groups is 1. The van der Waals surface area contributed by atoms with E-state index in [-0.39, 0.29) is 74.2 Å².